The fraction of sp³-hybridized carbons (Fsp3) is 0.500. The van der Waals surface area contributed by atoms with Crippen LogP contribution in [0.2, 0.25) is 0 Å². The maximum Gasteiger partial charge on any atom is 0.245 e. The Kier molecular flexibility index (Phi) is 4.94. The first-order valence-corrected chi connectivity index (χ1v) is 7.38. The molecule has 4 nitrogen and oxygen atoms in total. The summed E-state index contributed by atoms with van der Waals surface area (Å²) in [6.45, 7) is 4.28. The van der Waals surface area contributed by atoms with Gasteiger partial charge in [-0.25, -0.2) is 4.39 Å². The first-order valence-electron chi connectivity index (χ1n) is 7.38. The SMILES string of the molecule is CCCC1NC(=O)CCN(C(C)c2ccc(F)cc2)C1=O. The first-order chi connectivity index (χ1) is 10.0. The summed E-state index contributed by atoms with van der Waals surface area (Å²) >= 11 is 0. The van der Waals surface area contributed by atoms with Gasteiger partial charge in [-0.2, -0.15) is 0 Å². The Labute approximate surface area is 124 Å². The highest BCUT2D eigenvalue weighted by atomic mass is 19.1. The molecule has 2 unspecified atom stereocenters. The number of halogens is 1. The second-order valence-electron chi connectivity index (χ2n) is 5.42. The van der Waals surface area contributed by atoms with Crippen LogP contribution < -0.4 is 5.32 Å². The highest BCUT2D eigenvalue weighted by molar-refractivity contribution is 5.90. The van der Waals surface area contributed by atoms with Gasteiger partial charge in [0.25, 0.3) is 0 Å². The third-order valence-electron chi connectivity index (χ3n) is 3.89. The fourth-order valence-electron chi connectivity index (χ4n) is 2.65. The minimum absolute atomic E-state index is 0.0560. The summed E-state index contributed by atoms with van der Waals surface area (Å²) in [6, 6.07) is 5.52. The molecule has 1 N–H and O–H groups in total. The average molecular weight is 292 g/mol. The van der Waals surface area contributed by atoms with Gasteiger partial charge in [0.05, 0.1) is 6.04 Å². The molecule has 21 heavy (non-hydrogen) atoms. The van der Waals surface area contributed by atoms with Crippen LogP contribution in [-0.2, 0) is 9.59 Å². The van der Waals surface area contributed by atoms with Gasteiger partial charge in [-0.3, -0.25) is 9.59 Å². The zero-order valence-electron chi connectivity index (χ0n) is 12.4. The molecule has 5 heteroatoms. The van der Waals surface area contributed by atoms with Crippen molar-refractivity contribution in [3.8, 4) is 0 Å². The van der Waals surface area contributed by atoms with E-state index in [9.17, 15) is 14.0 Å². The van der Waals surface area contributed by atoms with Crippen molar-refractivity contribution in [1.82, 2.24) is 10.2 Å². The van der Waals surface area contributed by atoms with E-state index in [1.54, 1.807) is 17.0 Å². The van der Waals surface area contributed by atoms with Gasteiger partial charge in [0.1, 0.15) is 11.9 Å². The molecule has 2 atom stereocenters. The Morgan fingerprint density at radius 1 is 1.33 bits per heavy atom. The molecule has 2 amide bonds. The zero-order chi connectivity index (χ0) is 15.4. The molecule has 0 aromatic heterocycles. The monoisotopic (exact) mass is 292 g/mol. The Hall–Kier alpha value is -1.91. The Morgan fingerprint density at radius 3 is 2.62 bits per heavy atom. The minimum atomic E-state index is -0.451. The van der Waals surface area contributed by atoms with Gasteiger partial charge >= 0.3 is 0 Å². The molecule has 1 aromatic carbocycles. The maximum atomic E-state index is 13.0. The maximum absolute atomic E-state index is 13.0. The summed E-state index contributed by atoms with van der Waals surface area (Å²) in [6.07, 6.45) is 1.77. The summed E-state index contributed by atoms with van der Waals surface area (Å²) in [5, 5.41) is 2.78. The highest BCUT2D eigenvalue weighted by Gasteiger charge is 2.32. The van der Waals surface area contributed by atoms with Crippen molar-refractivity contribution in [3.05, 3.63) is 35.6 Å². The van der Waals surface area contributed by atoms with Crippen molar-refractivity contribution in [1.29, 1.82) is 0 Å². The van der Waals surface area contributed by atoms with Crippen molar-refractivity contribution in [2.75, 3.05) is 6.54 Å². The molecule has 1 aliphatic heterocycles. The van der Waals surface area contributed by atoms with Crippen LogP contribution in [0, 0.1) is 5.82 Å². The number of amides is 2. The smallest absolute Gasteiger partial charge is 0.245 e. The minimum Gasteiger partial charge on any atom is -0.344 e. The predicted molar refractivity (Wildman–Crippen MR) is 78.0 cm³/mol. The second-order valence-corrected chi connectivity index (χ2v) is 5.42. The number of nitrogens with one attached hydrogen (secondary N) is 1. The number of hydrogen-bond donors (Lipinski definition) is 1. The first kappa shape index (κ1) is 15.5. The molecule has 1 saturated heterocycles. The van der Waals surface area contributed by atoms with E-state index in [0.29, 0.717) is 19.4 Å². The molecule has 1 aliphatic rings. The molecular formula is C16H21FN2O2. The van der Waals surface area contributed by atoms with Crippen molar-refractivity contribution in [2.24, 2.45) is 0 Å². The predicted octanol–water partition coefficient (Wildman–Crippen LogP) is 2.40. The number of benzene rings is 1. The van der Waals surface area contributed by atoms with Crippen molar-refractivity contribution in [2.45, 2.75) is 45.2 Å². The lowest BCUT2D eigenvalue weighted by molar-refractivity contribution is -0.135. The molecule has 1 aromatic rings. The van der Waals surface area contributed by atoms with Gasteiger partial charge in [0.15, 0.2) is 0 Å². The normalized spacial score (nSPS) is 20.9. The van der Waals surface area contributed by atoms with E-state index in [1.165, 1.54) is 12.1 Å². The highest BCUT2D eigenvalue weighted by Crippen LogP contribution is 2.23. The lowest BCUT2D eigenvalue weighted by atomic mass is 10.0. The van der Waals surface area contributed by atoms with Gasteiger partial charge < -0.3 is 10.2 Å². The number of nitrogens with zero attached hydrogens (tertiary/aromatic N) is 1. The molecule has 0 aliphatic carbocycles. The fourth-order valence-corrected chi connectivity index (χ4v) is 2.65. The summed E-state index contributed by atoms with van der Waals surface area (Å²) in [4.78, 5) is 26.0. The van der Waals surface area contributed by atoms with Crippen LogP contribution >= 0.6 is 0 Å². The van der Waals surface area contributed by atoms with Crippen LogP contribution in [0.4, 0.5) is 4.39 Å². The van der Waals surface area contributed by atoms with Gasteiger partial charge in [0, 0.05) is 13.0 Å². The van der Waals surface area contributed by atoms with Crippen LogP contribution in [0.1, 0.15) is 44.7 Å². The van der Waals surface area contributed by atoms with Gasteiger partial charge in [0.2, 0.25) is 11.8 Å². The molecule has 1 heterocycles. The summed E-state index contributed by atoms with van der Waals surface area (Å²) in [5.41, 5.74) is 0.870. The topological polar surface area (TPSA) is 49.4 Å². The average Bonchev–Trinajstić information content (AvgIpc) is 2.60. The lowest BCUT2D eigenvalue weighted by Crippen LogP contribution is -2.45. The summed E-state index contributed by atoms with van der Waals surface area (Å²) in [5.74, 6) is -0.441. The molecule has 0 spiro atoms. The van der Waals surface area contributed by atoms with Crippen molar-refractivity contribution >= 4 is 11.8 Å². The number of carbonyl (C=O) groups is 2. The lowest BCUT2D eigenvalue weighted by Gasteiger charge is -2.30. The molecular weight excluding hydrogens is 271 g/mol. The number of carbonyl (C=O) groups excluding carboxylic acids is 2. The van der Waals surface area contributed by atoms with Crippen LogP contribution in [0.25, 0.3) is 0 Å². The van der Waals surface area contributed by atoms with Crippen LogP contribution in [0.5, 0.6) is 0 Å². The van der Waals surface area contributed by atoms with Crippen LogP contribution in [-0.4, -0.2) is 29.3 Å². The molecule has 2 rings (SSSR count). The van der Waals surface area contributed by atoms with Gasteiger partial charge in [-0.15, -0.1) is 0 Å². The third kappa shape index (κ3) is 3.60. The summed E-state index contributed by atoms with van der Waals surface area (Å²) in [7, 11) is 0. The van der Waals surface area contributed by atoms with E-state index in [1.807, 2.05) is 13.8 Å². The molecule has 0 radical (unpaired) electrons. The van der Waals surface area contributed by atoms with Crippen molar-refractivity contribution in [3.63, 3.8) is 0 Å². The molecule has 0 bridgehead atoms. The van der Waals surface area contributed by atoms with Gasteiger partial charge in [-0.1, -0.05) is 25.5 Å². The number of rotatable bonds is 4. The van der Waals surface area contributed by atoms with E-state index in [4.69, 9.17) is 0 Å². The quantitative estimate of drug-likeness (QED) is 0.926. The summed E-state index contributed by atoms with van der Waals surface area (Å²) < 4.78 is 13.0. The Balaban J connectivity index is 2.21. The molecule has 0 saturated carbocycles. The van der Waals surface area contributed by atoms with E-state index >= 15 is 0 Å². The largest absolute Gasteiger partial charge is 0.344 e. The molecule has 114 valence electrons. The second kappa shape index (κ2) is 6.70. The molecule has 1 fully saturated rings. The Morgan fingerprint density at radius 2 is 2.00 bits per heavy atom. The van der Waals surface area contributed by atoms with Crippen LogP contribution in [0.3, 0.4) is 0 Å². The Bertz CT molecular complexity index is 516. The third-order valence-corrected chi connectivity index (χ3v) is 3.89. The standard InChI is InChI=1S/C16H21FN2O2/c1-3-4-14-16(21)19(10-9-15(20)18-14)11(2)12-5-7-13(17)8-6-12/h5-8,11,14H,3-4,9-10H2,1-2H3,(H,18,20). The number of hydrogen-bond acceptors (Lipinski definition) is 2. The van der Waals surface area contributed by atoms with E-state index in [0.717, 1.165) is 12.0 Å². The van der Waals surface area contributed by atoms with E-state index in [2.05, 4.69) is 5.32 Å². The van der Waals surface area contributed by atoms with E-state index in [-0.39, 0.29) is 23.7 Å². The van der Waals surface area contributed by atoms with Crippen molar-refractivity contribution < 1.29 is 14.0 Å². The van der Waals surface area contributed by atoms with Crippen LogP contribution in [0.15, 0.2) is 24.3 Å². The van der Waals surface area contributed by atoms with E-state index < -0.39 is 6.04 Å². The van der Waals surface area contributed by atoms with Gasteiger partial charge in [-0.05, 0) is 31.0 Å². The zero-order valence-corrected chi connectivity index (χ0v) is 12.4.